The van der Waals surface area contributed by atoms with E-state index in [1.165, 1.54) is 0 Å². The number of thioether (sulfide) groups is 1. The first-order valence-electron chi connectivity index (χ1n) is 5.14. The van der Waals surface area contributed by atoms with E-state index in [9.17, 15) is 4.79 Å². The van der Waals surface area contributed by atoms with Gasteiger partial charge in [-0.05, 0) is 34.3 Å². The number of aromatic nitrogens is 2. The van der Waals surface area contributed by atoms with Gasteiger partial charge in [0.2, 0.25) is 0 Å². The van der Waals surface area contributed by atoms with Crippen molar-refractivity contribution in [2.45, 2.75) is 4.90 Å². The van der Waals surface area contributed by atoms with E-state index < -0.39 is 5.97 Å². The van der Waals surface area contributed by atoms with E-state index in [1.54, 1.807) is 23.5 Å². The Morgan fingerprint density at radius 1 is 1.39 bits per heavy atom. The zero-order valence-corrected chi connectivity index (χ0v) is 12.2. The molecule has 0 aliphatic carbocycles. The van der Waals surface area contributed by atoms with Crippen LogP contribution in [0.25, 0.3) is 11.3 Å². The number of benzene rings is 1. The van der Waals surface area contributed by atoms with Crippen molar-refractivity contribution in [1.82, 2.24) is 9.78 Å². The molecule has 4 nitrogen and oxygen atoms in total. The predicted octanol–water partition coefficient (Wildman–Crippen LogP) is 3.27. The highest BCUT2D eigenvalue weighted by atomic mass is 79.9. The standard InChI is InChI=1S/C12H11BrN2O2S/c1-15-11(9(13)10(14-15)12(16)17)7-3-5-8(18-2)6-4-7/h3-6H,1-2H3,(H,16,17). The molecule has 0 spiro atoms. The third kappa shape index (κ3) is 2.30. The molecule has 0 saturated carbocycles. The number of rotatable bonds is 3. The largest absolute Gasteiger partial charge is 0.476 e. The number of carboxylic acid groups (broad SMARTS) is 1. The lowest BCUT2D eigenvalue weighted by atomic mass is 10.1. The van der Waals surface area contributed by atoms with Crippen LogP contribution in [0.5, 0.6) is 0 Å². The van der Waals surface area contributed by atoms with Gasteiger partial charge in [-0.2, -0.15) is 5.10 Å². The van der Waals surface area contributed by atoms with Gasteiger partial charge < -0.3 is 5.11 Å². The monoisotopic (exact) mass is 326 g/mol. The van der Waals surface area contributed by atoms with Crippen LogP contribution in [0.1, 0.15) is 10.5 Å². The molecular weight excluding hydrogens is 316 g/mol. The average Bonchev–Trinajstić information content (AvgIpc) is 2.65. The Kier molecular flexibility index (Phi) is 3.77. The first kappa shape index (κ1) is 13.2. The first-order chi connectivity index (χ1) is 8.54. The third-order valence-electron chi connectivity index (χ3n) is 2.56. The van der Waals surface area contributed by atoms with Gasteiger partial charge in [0.1, 0.15) is 0 Å². The second-order valence-corrected chi connectivity index (χ2v) is 5.34. The summed E-state index contributed by atoms with van der Waals surface area (Å²) in [5, 5.41) is 13.0. The fraction of sp³-hybridized carbons (Fsp3) is 0.167. The Hall–Kier alpha value is -1.27. The Labute approximate surface area is 117 Å². The maximum absolute atomic E-state index is 11.0. The van der Waals surface area contributed by atoms with Crippen molar-refractivity contribution in [2.24, 2.45) is 7.05 Å². The predicted molar refractivity (Wildman–Crippen MR) is 75.1 cm³/mol. The fourth-order valence-electron chi connectivity index (χ4n) is 1.70. The lowest BCUT2D eigenvalue weighted by molar-refractivity contribution is 0.0688. The van der Waals surface area contributed by atoms with Gasteiger partial charge in [0, 0.05) is 17.5 Å². The highest BCUT2D eigenvalue weighted by molar-refractivity contribution is 9.10. The zero-order chi connectivity index (χ0) is 13.3. The number of carboxylic acids is 1. The summed E-state index contributed by atoms with van der Waals surface area (Å²) in [6, 6.07) is 7.91. The van der Waals surface area contributed by atoms with E-state index in [4.69, 9.17) is 5.11 Å². The van der Waals surface area contributed by atoms with Gasteiger partial charge in [-0.1, -0.05) is 12.1 Å². The zero-order valence-electron chi connectivity index (χ0n) is 9.85. The molecule has 94 valence electrons. The Bertz CT molecular complexity index is 593. The van der Waals surface area contributed by atoms with Crippen molar-refractivity contribution >= 4 is 33.7 Å². The van der Waals surface area contributed by atoms with Crippen molar-refractivity contribution in [1.29, 1.82) is 0 Å². The lowest BCUT2D eigenvalue weighted by Crippen LogP contribution is -1.99. The summed E-state index contributed by atoms with van der Waals surface area (Å²) < 4.78 is 2.08. The number of aryl methyl sites for hydroxylation is 1. The van der Waals surface area contributed by atoms with E-state index in [2.05, 4.69) is 21.0 Å². The summed E-state index contributed by atoms with van der Waals surface area (Å²) in [5.41, 5.74) is 1.73. The molecule has 2 aromatic rings. The fourth-order valence-corrected chi connectivity index (χ4v) is 2.84. The van der Waals surface area contributed by atoms with Gasteiger partial charge in [-0.15, -0.1) is 11.8 Å². The van der Waals surface area contributed by atoms with Crippen LogP contribution < -0.4 is 0 Å². The molecule has 0 fully saturated rings. The van der Waals surface area contributed by atoms with Crippen LogP contribution in [0, 0.1) is 0 Å². The number of carbonyl (C=O) groups is 1. The minimum Gasteiger partial charge on any atom is -0.476 e. The van der Waals surface area contributed by atoms with Crippen LogP contribution in [0.3, 0.4) is 0 Å². The van der Waals surface area contributed by atoms with Crippen molar-refractivity contribution in [2.75, 3.05) is 6.26 Å². The first-order valence-corrected chi connectivity index (χ1v) is 7.16. The molecule has 0 aliphatic rings. The molecule has 1 heterocycles. The minimum absolute atomic E-state index is 0.0291. The number of halogens is 1. The average molecular weight is 327 g/mol. The van der Waals surface area contributed by atoms with Crippen LogP contribution in [0.2, 0.25) is 0 Å². The number of aromatic carboxylic acids is 1. The summed E-state index contributed by atoms with van der Waals surface area (Å²) >= 11 is 4.97. The SMILES string of the molecule is CSc1ccc(-c2c(Br)c(C(=O)O)nn2C)cc1. The second-order valence-electron chi connectivity index (χ2n) is 3.67. The van der Waals surface area contributed by atoms with E-state index in [0.29, 0.717) is 4.47 Å². The smallest absolute Gasteiger partial charge is 0.357 e. The van der Waals surface area contributed by atoms with E-state index >= 15 is 0 Å². The minimum atomic E-state index is -1.04. The Balaban J connectivity index is 2.53. The van der Waals surface area contributed by atoms with Crippen LogP contribution in [0.15, 0.2) is 33.6 Å². The van der Waals surface area contributed by atoms with E-state index in [-0.39, 0.29) is 5.69 Å². The van der Waals surface area contributed by atoms with Crippen molar-refractivity contribution < 1.29 is 9.90 Å². The van der Waals surface area contributed by atoms with Crippen LogP contribution >= 0.6 is 27.7 Å². The maximum Gasteiger partial charge on any atom is 0.357 e. The topological polar surface area (TPSA) is 55.1 Å². The maximum atomic E-state index is 11.0. The second kappa shape index (κ2) is 5.16. The summed E-state index contributed by atoms with van der Waals surface area (Å²) in [6.45, 7) is 0. The van der Waals surface area contributed by atoms with Crippen molar-refractivity contribution in [3.63, 3.8) is 0 Å². The van der Waals surface area contributed by atoms with Crippen LogP contribution in [0.4, 0.5) is 0 Å². The molecule has 1 N–H and O–H groups in total. The number of hydrogen-bond acceptors (Lipinski definition) is 3. The molecule has 0 aliphatic heterocycles. The summed E-state index contributed by atoms with van der Waals surface area (Å²) in [6.07, 6.45) is 2.01. The lowest BCUT2D eigenvalue weighted by Gasteiger charge is -2.04. The molecule has 2 rings (SSSR count). The van der Waals surface area contributed by atoms with Gasteiger partial charge in [-0.3, -0.25) is 4.68 Å². The molecule has 1 aromatic carbocycles. The van der Waals surface area contributed by atoms with Gasteiger partial charge in [0.25, 0.3) is 0 Å². The molecule has 6 heteroatoms. The highest BCUT2D eigenvalue weighted by Crippen LogP contribution is 2.31. The number of hydrogen-bond donors (Lipinski definition) is 1. The Morgan fingerprint density at radius 2 is 2.00 bits per heavy atom. The van der Waals surface area contributed by atoms with Crippen molar-refractivity contribution in [3.05, 3.63) is 34.4 Å². The normalized spacial score (nSPS) is 10.6. The summed E-state index contributed by atoms with van der Waals surface area (Å²) in [4.78, 5) is 12.2. The molecule has 1 aromatic heterocycles. The van der Waals surface area contributed by atoms with E-state index in [1.807, 2.05) is 30.5 Å². The van der Waals surface area contributed by atoms with Crippen LogP contribution in [-0.4, -0.2) is 27.1 Å². The quantitative estimate of drug-likeness (QED) is 0.879. The molecule has 0 amide bonds. The molecular formula is C12H11BrN2O2S. The van der Waals surface area contributed by atoms with Crippen LogP contribution in [-0.2, 0) is 7.05 Å². The van der Waals surface area contributed by atoms with Gasteiger partial charge in [-0.25, -0.2) is 4.79 Å². The molecule has 0 atom stereocenters. The molecule has 0 unspecified atom stereocenters. The highest BCUT2D eigenvalue weighted by Gasteiger charge is 2.20. The summed E-state index contributed by atoms with van der Waals surface area (Å²) in [7, 11) is 1.73. The van der Waals surface area contributed by atoms with Gasteiger partial charge in [0.05, 0.1) is 10.2 Å². The van der Waals surface area contributed by atoms with Gasteiger partial charge in [0.15, 0.2) is 5.69 Å². The molecule has 0 bridgehead atoms. The van der Waals surface area contributed by atoms with Gasteiger partial charge >= 0.3 is 5.97 Å². The Morgan fingerprint density at radius 3 is 2.44 bits per heavy atom. The molecule has 0 radical (unpaired) electrons. The molecule has 0 saturated heterocycles. The van der Waals surface area contributed by atoms with E-state index in [0.717, 1.165) is 16.2 Å². The summed E-state index contributed by atoms with van der Waals surface area (Å²) in [5.74, 6) is -1.04. The third-order valence-corrected chi connectivity index (χ3v) is 4.05. The molecule has 18 heavy (non-hydrogen) atoms. The number of nitrogens with zero attached hydrogens (tertiary/aromatic N) is 2. The van der Waals surface area contributed by atoms with Crippen molar-refractivity contribution in [3.8, 4) is 11.3 Å².